The SMILES string of the molecule is Cc1ccncc1NS(=O)(=O)c1cc(N)c(Cl)cc1C. The van der Waals surface area contributed by atoms with E-state index in [1.54, 1.807) is 26.1 Å². The number of halogens is 1. The third-order valence-electron chi connectivity index (χ3n) is 2.87. The summed E-state index contributed by atoms with van der Waals surface area (Å²) in [4.78, 5) is 4.00. The van der Waals surface area contributed by atoms with Gasteiger partial charge in [0.1, 0.15) is 0 Å². The Hall–Kier alpha value is -1.79. The van der Waals surface area contributed by atoms with E-state index in [9.17, 15) is 8.42 Å². The molecule has 0 saturated carbocycles. The van der Waals surface area contributed by atoms with Gasteiger partial charge in [-0.1, -0.05) is 11.6 Å². The normalized spacial score (nSPS) is 11.3. The minimum Gasteiger partial charge on any atom is -0.397 e. The average molecular weight is 312 g/mol. The molecule has 0 aliphatic heterocycles. The van der Waals surface area contributed by atoms with E-state index in [-0.39, 0.29) is 10.6 Å². The van der Waals surface area contributed by atoms with Crippen molar-refractivity contribution >= 4 is 33.0 Å². The minimum atomic E-state index is -3.73. The highest BCUT2D eigenvalue weighted by Crippen LogP contribution is 2.27. The van der Waals surface area contributed by atoms with Gasteiger partial charge in [0.05, 0.1) is 27.5 Å². The van der Waals surface area contributed by atoms with Gasteiger partial charge >= 0.3 is 0 Å². The first kappa shape index (κ1) is 14.6. The predicted molar refractivity (Wildman–Crippen MR) is 80.4 cm³/mol. The van der Waals surface area contributed by atoms with Crippen molar-refractivity contribution in [1.82, 2.24) is 4.98 Å². The molecule has 5 nitrogen and oxygen atoms in total. The van der Waals surface area contributed by atoms with Gasteiger partial charge in [0, 0.05) is 6.20 Å². The molecule has 0 saturated heterocycles. The molecule has 1 heterocycles. The minimum absolute atomic E-state index is 0.0997. The third kappa shape index (κ3) is 2.86. The molecule has 0 radical (unpaired) electrons. The lowest BCUT2D eigenvalue weighted by molar-refractivity contribution is 0.600. The van der Waals surface area contributed by atoms with Crippen LogP contribution in [0, 0.1) is 13.8 Å². The molecule has 1 aromatic heterocycles. The summed E-state index contributed by atoms with van der Waals surface area (Å²) in [6.07, 6.45) is 3.06. The maximum atomic E-state index is 12.4. The van der Waals surface area contributed by atoms with Crippen LogP contribution in [-0.2, 0) is 10.0 Å². The number of pyridine rings is 1. The van der Waals surface area contributed by atoms with Crippen molar-refractivity contribution in [1.29, 1.82) is 0 Å². The largest absolute Gasteiger partial charge is 0.397 e. The van der Waals surface area contributed by atoms with Crippen molar-refractivity contribution in [2.24, 2.45) is 0 Å². The van der Waals surface area contributed by atoms with Crippen molar-refractivity contribution in [3.8, 4) is 0 Å². The van der Waals surface area contributed by atoms with E-state index in [1.165, 1.54) is 18.3 Å². The number of rotatable bonds is 3. The third-order valence-corrected chi connectivity index (χ3v) is 4.70. The van der Waals surface area contributed by atoms with Crippen molar-refractivity contribution in [3.63, 3.8) is 0 Å². The Kier molecular flexibility index (Phi) is 3.87. The fourth-order valence-corrected chi connectivity index (χ4v) is 3.32. The van der Waals surface area contributed by atoms with Gasteiger partial charge in [0.2, 0.25) is 0 Å². The molecule has 20 heavy (non-hydrogen) atoms. The van der Waals surface area contributed by atoms with Crippen LogP contribution in [0.5, 0.6) is 0 Å². The topological polar surface area (TPSA) is 85.1 Å². The molecule has 3 N–H and O–H groups in total. The van der Waals surface area contributed by atoms with E-state index < -0.39 is 10.0 Å². The van der Waals surface area contributed by atoms with Gasteiger partial charge in [-0.3, -0.25) is 9.71 Å². The Morgan fingerprint density at radius 1 is 1.25 bits per heavy atom. The van der Waals surface area contributed by atoms with E-state index in [2.05, 4.69) is 9.71 Å². The maximum absolute atomic E-state index is 12.4. The molecule has 0 bridgehead atoms. The van der Waals surface area contributed by atoms with Crippen molar-refractivity contribution in [3.05, 3.63) is 46.7 Å². The molecule has 106 valence electrons. The van der Waals surface area contributed by atoms with Crippen LogP contribution < -0.4 is 10.5 Å². The van der Waals surface area contributed by atoms with E-state index in [0.717, 1.165) is 5.56 Å². The summed E-state index contributed by atoms with van der Waals surface area (Å²) in [5, 5.41) is 0.332. The summed E-state index contributed by atoms with van der Waals surface area (Å²) >= 11 is 5.87. The van der Waals surface area contributed by atoms with Crippen molar-refractivity contribution in [2.75, 3.05) is 10.5 Å². The number of benzene rings is 1. The summed E-state index contributed by atoms with van der Waals surface area (Å²) in [5.41, 5.74) is 7.63. The van der Waals surface area contributed by atoms with Crippen molar-refractivity contribution < 1.29 is 8.42 Å². The van der Waals surface area contributed by atoms with Gasteiger partial charge in [-0.2, -0.15) is 0 Å². The van der Waals surface area contributed by atoms with E-state index in [1.807, 2.05) is 0 Å². The van der Waals surface area contributed by atoms with Crippen LogP contribution in [0.15, 0.2) is 35.5 Å². The number of hydrogen-bond donors (Lipinski definition) is 2. The Morgan fingerprint density at radius 2 is 1.95 bits per heavy atom. The molecular formula is C13H14ClN3O2S. The first-order chi connectivity index (χ1) is 9.31. The Balaban J connectivity index is 2.47. The van der Waals surface area contributed by atoms with Gasteiger partial charge in [-0.25, -0.2) is 8.42 Å². The van der Waals surface area contributed by atoms with E-state index in [4.69, 9.17) is 17.3 Å². The fourth-order valence-electron chi connectivity index (χ4n) is 1.73. The monoisotopic (exact) mass is 311 g/mol. The lowest BCUT2D eigenvalue weighted by Gasteiger charge is -2.13. The highest BCUT2D eigenvalue weighted by atomic mass is 35.5. The van der Waals surface area contributed by atoms with Gasteiger partial charge in [0.15, 0.2) is 0 Å². The fraction of sp³-hybridized carbons (Fsp3) is 0.154. The second-order valence-electron chi connectivity index (χ2n) is 4.44. The summed E-state index contributed by atoms with van der Waals surface area (Å²) < 4.78 is 27.3. The van der Waals surface area contributed by atoms with Crippen LogP contribution in [0.25, 0.3) is 0 Å². The van der Waals surface area contributed by atoms with Crippen molar-refractivity contribution in [2.45, 2.75) is 18.7 Å². The smallest absolute Gasteiger partial charge is 0.262 e. The molecule has 0 fully saturated rings. The van der Waals surface area contributed by atoms with E-state index in [0.29, 0.717) is 16.3 Å². The Labute approximate surface area is 122 Å². The Bertz CT molecular complexity index is 760. The Morgan fingerprint density at radius 3 is 2.60 bits per heavy atom. The van der Waals surface area contributed by atoms with Gasteiger partial charge in [-0.05, 0) is 43.2 Å². The molecule has 0 aliphatic rings. The summed E-state index contributed by atoms with van der Waals surface area (Å²) in [6.45, 7) is 3.46. The van der Waals surface area contributed by atoms with Gasteiger partial charge in [-0.15, -0.1) is 0 Å². The first-order valence-corrected chi connectivity index (χ1v) is 7.66. The number of sulfonamides is 1. The highest BCUT2D eigenvalue weighted by molar-refractivity contribution is 7.92. The van der Waals surface area contributed by atoms with Crippen LogP contribution in [0.4, 0.5) is 11.4 Å². The van der Waals surface area contributed by atoms with Gasteiger partial charge in [0.25, 0.3) is 10.0 Å². The molecule has 1 aromatic carbocycles. The quantitative estimate of drug-likeness (QED) is 0.853. The van der Waals surface area contributed by atoms with Gasteiger partial charge < -0.3 is 5.73 Å². The van der Waals surface area contributed by atoms with Crippen LogP contribution in [0.3, 0.4) is 0 Å². The first-order valence-electron chi connectivity index (χ1n) is 5.80. The summed E-state index contributed by atoms with van der Waals surface area (Å²) in [5.74, 6) is 0. The predicted octanol–water partition coefficient (Wildman–Crippen LogP) is 2.73. The maximum Gasteiger partial charge on any atom is 0.262 e. The summed E-state index contributed by atoms with van der Waals surface area (Å²) in [6, 6.07) is 4.61. The molecule has 7 heteroatoms. The lowest BCUT2D eigenvalue weighted by Crippen LogP contribution is -2.15. The zero-order valence-electron chi connectivity index (χ0n) is 11.0. The number of nitrogens with one attached hydrogen (secondary N) is 1. The standard InChI is InChI=1S/C13H14ClN3O2S/c1-8-3-4-16-7-12(8)17-20(18,19)13-6-11(15)10(14)5-9(13)2/h3-7,17H,15H2,1-2H3. The molecule has 0 atom stereocenters. The molecule has 0 unspecified atom stereocenters. The highest BCUT2D eigenvalue weighted by Gasteiger charge is 2.19. The number of nitrogens with two attached hydrogens (primary N) is 1. The number of anilines is 2. The average Bonchev–Trinajstić information content (AvgIpc) is 2.36. The zero-order valence-corrected chi connectivity index (χ0v) is 12.6. The second-order valence-corrected chi connectivity index (χ2v) is 6.49. The zero-order chi connectivity index (χ0) is 14.9. The summed E-state index contributed by atoms with van der Waals surface area (Å²) in [7, 11) is -3.73. The van der Waals surface area contributed by atoms with Crippen LogP contribution in [-0.4, -0.2) is 13.4 Å². The lowest BCUT2D eigenvalue weighted by atomic mass is 10.2. The second kappa shape index (κ2) is 5.30. The molecular weight excluding hydrogens is 298 g/mol. The van der Waals surface area contributed by atoms with Crippen LogP contribution >= 0.6 is 11.6 Å². The van der Waals surface area contributed by atoms with E-state index >= 15 is 0 Å². The number of aryl methyl sites for hydroxylation is 2. The molecule has 0 aliphatic carbocycles. The van der Waals surface area contributed by atoms with Crippen LogP contribution in [0.1, 0.15) is 11.1 Å². The number of nitrogen functional groups attached to an aromatic ring is 1. The number of hydrogen-bond acceptors (Lipinski definition) is 4. The molecule has 0 spiro atoms. The number of aromatic nitrogens is 1. The molecule has 0 amide bonds. The molecule has 2 aromatic rings. The number of nitrogens with zero attached hydrogens (tertiary/aromatic N) is 1. The molecule has 2 rings (SSSR count). The van der Waals surface area contributed by atoms with Crippen LogP contribution in [0.2, 0.25) is 5.02 Å².